The van der Waals surface area contributed by atoms with Gasteiger partial charge >= 0.3 is 0 Å². The van der Waals surface area contributed by atoms with Gasteiger partial charge in [0.1, 0.15) is 0 Å². The average molecular weight is 317 g/mol. The SMILES string of the molecule is O=C(C[C@@H]1CCCCO1)N1CCC[C@]1(CO)Cc1ccccc1. The second kappa shape index (κ2) is 7.45. The molecule has 1 aromatic carbocycles. The minimum absolute atomic E-state index is 0.0269. The zero-order chi connectivity index (χ0) is 16.1. The summed E-state index contributed by atoms with van der Waals surface area (Å²) >= 11 is 0. The number of nitrogens with zero attached hydrogens (tertiary/aromatic N) is 1. The minimum Gasteiger partial charge on any atom is -0.394 e. The highest BCUT2D eigenvalue weighted by atomic mass is 16.5. The van der Waals surface area contributed by atoms with Gasteiger partial charge in [0, 0.05) is 13.2 Å². The molecule has 2 aliphatic heterocycles. The van der Waals surface area contributed by atoms with E-state index < -0.39 is 5.54 Å². The Morgan fingerprint density at radius 1 is 1.26 bits per heavy atom. The van der Waals surface area contributed by atoms with Gasteiger partial charge in [-0.25, -0.2) is 0 Å². The van der Waals surface area contributed by atoms with E-state index in [4.69, 9.17) is 4.74 Å². The van der Waals surface area contributed by atoms with Gasteiger partial charge in [0.2, 0.25) is 5.91 Å². The molecule has 2 aliphatic rings. The molecule has 0 bridgehead atoms. The standard InChI is InChI=1S/C19H27NO3/c21-15-19(14-16-7-2-1-3-8-16)10-6-11-20(19)18(22)13-17-9-4-5-12-23-17/h1-3,7-8,17,21H,4-6,9-15H2/t17-,19+/m0/s1. The third kappa shape index (κ3) is 3.75. The van der Waals surface area contributed by atoms with Crippen LogP contribution in [0.1, 0.15) is 44.1 Å². The number of amides is 1. The summed E-state index contributed by atoms with van der Waals surface area (Å²) in [7, 11) is 0. The minimum atomic E-state index is -0.437. The van der Waals surface area contributed by atoms with E-state index in [0.29, 0.717) is 6.42 Å². The predicted molar refractivity (Wildman–Crippen MR) is 89.1 cm³/mol. The molecule has 0 aromatic heterocycles. The maximum atomic E-state index is 12.8. The largest absolute Gasteiger partial charge is 0.394 e. The Kier molecular flexibility index (Phi) is 5.34. The van der Waals surface area contributed by atoms with Gasteiger partial charge < -0.3 is 14.7 Å². The van der Waals surface area contributed by atoms with Crippen molar-refractivity contribution < 1.29 is 14.6 Å². The van der Waals surface area contributed by atoms with E-state index in [9.17, 15) is 9.90 Å². The summed E-state index contributed by atoms with van der Waals surface area (Å²) in [5, 5.41) is 10.1. The van der Waals surface area contributed by atoms with Gasteiger partial charge in [0.05, 0.1) is 24.7 Å². The molecule has 4 heteroatoms. The number of hydrogen-bond acceptors (Lipinski definition) is 3. The van der Waals surface area contributed by atoms with Crippen molar-refractivity contribution in [3.63, 3.8) is 0 Å². The summed E-state index contributed by atoms with van der Waals surface area (Å²) in [5.74, 6) is 0.138. The number of benzene rings is 1. The number of likely N-dealkylation sites (tertiary alicyclic amines) is 1. The predicted octanol–water partition coefficient (Wildman–Crippen LogP) is 2.54. The molecule has 2 heterocycles. The van der Waals surface area contributed by atoms with Crippen molar-refractivity contribution in [2.24, 2.45) is 0 Å². The summed E-state index contributed by atoms with van der Waals surface area (Å²) in [5.41, 5.74) is 0.739. The van der Waals surface area contributed by atoms with Gasteiger partial charge in [0.15, 0.2) is 0 Å². The van der Waals surface area contributed by atoms with E-state index in [1.54, 1.807) is 0 Å². The molecule has 0 saturated carbocycles. The van der Waals surface area contributed by atoms with Gasteiger partial charge in [-0.05, 0) is 44.1 Å². The lowest BCUT2D eigenvalue weighted by atomic mass is 9.88. The molecular formula is C19H27NO3. The highest BCUT2D eigenvalue weighted by molar-refractivity contribution is 5.78. The molecule has 4 nitrogen and oxygen atoms in total. The van der Waals surface area contributed by atoms with Crippen LogP contribution in [-0.4, -0.2) is 47.3 Å². The Hall–Kier alpha value is -1.39. The molecule has 0 unspecified atom stereocenters. The Morgan fingerprint density at radius 2 is 2.09 bits per heavy atom. The van der Waals surface area contributed by atoms with Crippen LogP contribution in [0, 0.1) is 0 Å². The van der Waals surface area contributed by atoms with Gasteiger partial charge in [-0.3, -0.25) is 4.79 Å². The Balaban J connectivity index is 1.70. The first-order valence-electron chi connectivity index (χ1n) is 8.80. The van der Waals surface area contributed by atoms with Crippen LogP contribution in [-0.2, 0) is 16.0 Å². The van der Waals surface area contributed by atoms with E-state index >= 15 is 0 Å². The first kappa shape index (κ1) is 16.5. The van der Waals surface area contributed by atoms with Crippen molar-refractivity contribution in [1.82, 2.24) is 4.90 Å². The second-order valence-electron chi connectivity index (χ2n) is 6.89. The molecular weight excluding hydrogens is 290 g/mol. The highest BCUT2D eigenvalue weighted by Crippen LogP contribution is 2.33. The van der Waals surface area contributed by atoms with Crippen molar-refractivity contribution in [2.45, 2.75) is 56.6 Å². The zero-order valence-electron chi connectivity index (χ0n) is 13.7. The summed E-state index contributed by atoms with van der Waals surface area (Å²) in [6.07, 6.45) is 6.30. The number of carbonyl (C=O) groups excluding carboxylic acids is 1. The molecule has 1 N–H and O–H groups in total. The van der Waals surface area contributed by atoms with Gasteiger partial charge in [-0.15, -0.1) is 0 Å². The van der Waals surface area contributed by atoms with E-state index in [-0.39, 0.29) is 18.6 Å². The van der Waals surface area contributed by atoms with Gasteiger partial charge in [-0.1, -0.05) is 30.3 Å². The molecule has 0 radical (unpaired) electrons. The molecule has 0 aliphatic carbocycles. The van der Waals surface area contributed by atoms with E-state index in [2.05, 4.69) is 12.1 Å². The molecule has 2 fully saturated rings. The summed E-state index contributed by atoms with van der Waals surface area (Å²) < 4.78 is 5.72. The lowest BCUT2D eigenvalue weighted by Crippen LogP contribution is -2.52. The molecule has 2 saturated heterocycles. The van der Waals surface area contributed by atoms with E-state index in [0.717, 1.165) is 51.7 Å². The highest BCUT2D eigenvalue weighted by Gasteiger charge is 2.43. The summed E-state index contributed by atoms with van der Waals surface area (Å²) in [6.45, 7) is 1.55. The Labute approximate surface area is 138 Å². The van der Waals surface area contributed by atoms with E-state index in [1.807, 2.05) is 23.1 Å². The molecule has 2 atom stereocenters. The summed E-state index contributed by atoms with van der Waals surface area (Å²) in [6, 6.07) is 10.2. The number of hydrogen-bond donors (Lipinski definition) is 1. The fourth-order valence-corrected chi connectivity index (χ4v) is 3.98. The monoisotopic (exact) mass is 317 g/mol. The Bertz CT molecular complexity index is 513. The van der Waals surface area contributed by atoms with Crippen molar-refractivity contribution >= 4 is 5.91 Å². The molecule has 3 rings (SSSR count). The number of ether oxygens (including phenoxy) is 1. The maximum Gasteiger partial charge on any atom is 0.225 e. The lowest BCUT2D eigenvalue weighted by Gasteiger charge is -2.38. The second-order valence-corrected chi connectivity index (χ2v) is 6.89. The first-order valence-corrected chi connectivity index (χ1v) is 8.80. The molecule has 126 valence electrons. The topological polar surface area (TPSA) is 49.8 Å². The third-order valence-electron chi connectivity index (χ3n) is 5.24. The molecule has 1 amide bonds. The van der Waals surface area contributed by atoms with Crippen molar-refractivity contribution in [2.75, 3.05) is 19.8 Å². The lowest BCUT2D eigenvalue weighted by molar-refractivity contribution is -0.140. The number of aliphatic hydroxyl groups is 1. The van der Waals surface area contributed by atoms with Crippen LogP contribution in [0.2, 0.25) is 0 Å². The molecule has 0 spiro atoms. The van der Waals surface area contributed by atoms with E-state index in [1.165, 1.54) is 5.56 Å². The Morgan fingerprint density at radius 3 is 2.78 bits per heavy atom. The smallest absolute Gasteiger partial charge is 0.225 e. The average Bonchev–Trinajstić information content (AvgIpc) is 3.01. The molecule has 1 aromatic rings. The van der Waals surface area contributed by atoms with Crippen LogP contribution in [0.15, 0.2) is 30.3 Å². The fourth-order valence-electron chi connectivity index (χ4n) is 3.98. The molecule has 23 heavy (non-hydrogen) atoms. The van der Waals surface area contributed by atoms with Crippen LogP contribution < -0.4 is 0 Å². The van der Waals surface area contributed by atoms with Crippen molar-refractivity contribution in [3.05, 3.63) is 35.9 Å². The number of rotatable bonds is 5. The number of carbonyl (C=O) groups is 1. The zero-order valence-corrected chi connectivity index (χ0v) is 13.7. The third-order valence-corrected chi connectivity index (χ3v) is 5.24. The van der Waals surface area contributed by atoms with Crippen LogP contribution in [0.5, 0.6) is 0 Å². The normalized spacial score (nSPS) is 28.0. The summed E-state index contributed by atoms with van der Waals surface area (Å²) in [4.78, 5) is 14.7. The van der Waals surface area contributed by atoms with Crippen LogP contribution in [0.25, 0.3) is 0 Å². The first-order chi connectivity index (χ1) is 11.2. The van der Waals surface area contributed by atoms with Crippen LogP contribution >= 0.6 is 0 Å². The van der Waals surface area contributed by atoms with Gasteiger partial charge in [-0.2, -0.15) is 0 Å². The van der Waals surface area contributed by atoms with Crippen molar-refractivity contribution in [3.8, 4) is 0 Å². The van der Waals surface area contributed by atoms with Gasteiger partial charge in [0.25, 0.3) is 0 Å². The van der Waals surface area contributed by atoms with Crippen LogP contribution in [0.4, 0.5) is 0 Å². The van der Waals surface area contributed by atoms with Crippen LogP contribution in [0.3, 0.4) is 0 Å². The quantitative estimate of drug-likeness (QED) is 0.908. The van der Waals surface area contributed by atoms with Crippen molar-refractivity contribution in [1.29, 1.82) is 0 Å². The fraction of sp³-hybridized carbons (Fsp3) is 0.632. The maximum absolute atomic E-state index is 12.8. The number of aliphatic hydroxyl groups excluding tert-OH is 1.